The molecule has 1 aromatic carbocycles. The summed E-state index contributed by atoms with van der Waals surface area (Å²) in [7, 11) is -2.35. The molecular weight excluding hydrogens is 270 g/mol. The minimum absolute atomic E-state index is 0.184. The average molecular weight is 287 g/mol. The van der Waals surface area contributed by atoms with Crippen molar-refractivity contribution in [2.24, 2.45) is 0 Å². The molecule has 0 unspecified atom stereocenters. The van der Waals surface area contributed by atoms with E-state index in [-0.39, 0.29) is 30.2 Å². The number of nitrogens with zero attached hydrogens (tertiary/aromatic N) is 1. The van der Waals surface area contributed by atoms with Gasteiger partial charge < -0.3 is 9.84 Å². The number of carbonyl (C=O) groups is 1. The first kappa shape index (κ1) is 15.6. The van der Waals surface area contributed by atoms with Crippen molar-refractivity contribution in [3.8, 4) is 0 Å². The van der Waals surface area contributed by atoms with E-state index in [0.717, 1.165) is 0 Å². The summed E-state index contributed by atoms with van der Waals surface area (Å²) >= 11 is 0. The maximum Gasteiger partial charge on any atom is 0.337 e. The number of rotatable bonds is 7. The van der Waals surface area contributed by atoms with E-state index < -0.39 is 16.0 Å². The van der Waals surface area contributed by atoms with Gasteiger partial charge in [0.2, 0.25) is 10.0 Å². The van der Waals surface area contributed by atoms with Gasteiger partial charge in [0.15, 0.2) is 0 Å². The second-order valence-corrected chi connectivity index (χ2v) is 5.70. The highest BCUT2D eigenvalue weighted by molar-refractivity contribution is 7.89. The molecule has 0 saturated carbocycles. The Balaban J connectivity index is 3.22. The van der Waals surface area contributed by atoms with Crippen molar-refractivity contribution in [1.82, 2.24) is 4.31 Å². The molecule has 0 aliphatic heterocycles. The normalized spacial score (nSPS) is 11.7. The summed E-state index contributed by atoms with van der Waals surface area (Å²) in [5.74, 6) is -1.26. The molecule has 0 spiro atoms. The maximum absolute atomic E-state index is 12.4. The molecule has 0 aliphatic carbocycles. The van der Waals surface area contributed by atoms with Crippen molar-refractivity contribution in [3.05, 3.63) is 29.8 Å². The van der Waals surface area contributed by atoms with Gasteiger partial charge in [-0.3, -0.25) is 0 Å². The predicted octanol–water partition coefficient (Wildman–Crippen LogP) is 1.04. The van der Waals surface area contributed by atoms with Crippen LogP contribution in [0.2, 0.25) is 0 Å². The third kappa shape index (κ3) is 3.52. The monoisotopic (exact) mass is 287 g/mol. The Kier molecular flexibility index (Phi) is 5.46. The molecule has 19 heavy (non-hydrogen) atoms. The largest absolute Gasteiger partial charge is 0.478 e. The summed E-state index contributed by atoms with van der Waals surface area (Å²) in [4.78, 5) is 10.9. The smallest absolute Gasteiger partial charge is 0.337 e. The lowest BCUT2D eigenvalue weighted by Crippen LogP contribution is -2.34. The van der Waals surface area contributed by atoms with E-state index in [1.54, 1.807) is 6.92 Å². The molecule has 1 aromatic rings. The van der Waals surface area contributed by atoms with E-state index in [1.165, 1.54) is 35.7 Å². The Morgan fingerprint density at radius 2 is 2.00 bits per heavy atom. The van der Waals surface area contributed by atoms with Crippen molar-refractivity contribution in [2.75, 3.05) is 26.8 Å². The zero-order valence-corrected chi connectivity index (χ0v) is 11.7. The van der Waals surface area contributed by atoms with Crippen molar-refractivity contribution in [1.29, 1.82) is 0 Å². The van der Waals surface area contributed by atoms with E-state index in [2.05, 4.69) is 0 Å². The fraction of sp³-hybridized carbons (Fsp3) is 0.417. The van der Waals surface area contributed by atoms with Crippen LogP contribution in [0.3, 0.4) is 0 Å². The molecule has 106 valence electrons. The number of sulfonamides is 1. The van der Waals surface area contributed by atoms with Gasteiger partial charge in [0.25, 0.3) is 0 Å². The molecule has 0 bridgehead atoms. The van der Waals surface area contributed by atoms with E-state index in [9.17, 15) is 13.2 Å². The van der Waals surface area contributed by atoms with Gasteiger partial charge in [0.05, 0.1) is 17.1 Å². The maximum atomic E-state index is 12.4. The number of aromatic carboxylic acids is 1. The SMILES string of the molecule is CCN(CCOC)S(=O)(=O)c1ccccc1C(=O)O. The lowest BCUT2D eigenvalue weighted by atomic mass is 10.2. The average Bonchev–Trinajstić information content (AvgIpc) is 2.39. The summed E-state index contributed by atoms with van der Waals surface area (Å²) in [5, 5.41) is 9.05. The summed E-state index contributed by atoms with van der Waals surface area (Å²) in [6.45, 7) is 2.38. The standard InChI is InChI=1S/C12H17NO5S/c1-3-13(8-9-18-2)19(16,17)11-7-5-4-6-10(11)12(14)15/h4-7H,3,8-9H2,1-2H3,(H,14,15). The number of likely N-dealkylation sites (N-methyl/N-ethyl adjacent to an activating group) is 1. The molecule has 0 saturated heterocycles. The van der Waals surface area contributed by atoms with Crippen LogP contribution in [0.25, 0.3) is 0 Å². The van der Waals surface area contributed by atoms with Crippen LogP contribution in [-0.2, 0) is 14.8 Å². The van der Waals surface area contributed by atoms with Gasteiger partial charge in [-0.2, -0.15) is 4.31 Å². The molecule has 1 N–H and O–H groups in total. The van der Waals surface area contributed by atoms with Crippen LogP contribution >= 0.6 is 0 Å². The van der Waals surface area contributed by atoms with Crippen LogP contribution in [-0.4, -0.2) is 50.6 Å². The molecule has 0 amide bonds. The van der Waals surface area contributed by atoms with E-state index in [1.807, 2.05) is 0 Å². The second kappa shape index (κ2) is 6.65. The Morgan fingerprint density at radius 1 is 1.37 bits per heavy atom. The lowest BCUT2D eigenvalue weighted by molar-refractivity contribution is 0.0692. The molecule has 0 heterocycles. The number of hydrogen-bond donors (Lipinski definition) is 1. The number of ether oxygens (including phenoxy) is 1. The van der Waals surface area contributed by atoms with Gasteiger partial charge in [0, 0.05) is 20.2 Å². The van der Waals surface area contributed by atoms with Gasteiger partial charge in [-0.05, 0) is 12.1 Å². The summed E-state index contributed by atoms with van der Waals surface area (Å²) in [6, 6.07) is 5.57. The molecule has 6 nitrogen and oxygen atoms in total. The van der Waals surface area contributed by atoms with Gasteiger partial charge >= 0.3 is 5.97 Å². The van der Waals surface area contributed by atoms with Crippen molar-refractivity contribution < 1.29 is 23.1 Å². The third-order valence-corrected chi connectivity index (χ3v) is 4.67. The van der Waals surface area contributed by atoms with Crippen molar-refractivity contribution in [2.45, 2.75) is 11.8 Å². The molecule has 0 atom stereocenters. The van der Waals surface area contributed by atoms with Crippen molar-refractivity contribution >= 4 is 16.0 Å². The first-order valence-electron chi connectivity index (χ1n) is 5.76. The second-order valence-electron chi connectivity index (χ2n) is 3.79. The molecule has 7 heteroatoms. The topological polar surface area (TPSA) is 83.9 Å². The van der Waals surface area contributed by atoms with Crippen LogP contribution in [0, 0.1) is 0 Å². The van der Waals surface area contributed by atoms with E-state index >= 15 is 0 Å². The van der Waals surface area contributed by atoms with Crippen molar-refractivity contribution in [3.63, 3.8) is 0 Å². The highest BCUT2D eigenvalue weighted by atomic mass is 32.2. The molecule has 0 aromatic heterocycles. The molecule has 0 radical (unpaired) electrons. The fourth-order valence-electron chi connectivity index (χ4n) is 1.65. The Bertz CT molecular complexity index is 541. The van der Waals surface area contributed by atoms with E-state index in [0.29, 0.717) is 0 Å². The van der Waals surface area contributed by atoms with Crippen LogP contribution in [0.1, 0.15) is 17.3 Å². The molecule has 1 rings (SSSR count). The predicted molar refractivity (Wildman–Crippen MR) is 69.7 cm³/mol. The number of methoxy groups -OCH3 is 1. The number of benzene rings is 1. The zero-order valence-electron chi connectivity index (χ0n) is 10.9. The first-order chi connectivity index (χ1) is 8.95. The Hall–Kier alpha value is -1.44. The number of carboxylic acid groups (broad SMARTS) is 1. The minimum Gasteiger partial charge on any atom is -0.478 e. The number of carboxylic acids is 1. The third-order valence-electron chi connectivity index (χ3n) is 2.63. The Labute approximate surface area is 112 Å². The van der Waals surface area contributed by atoms with Crippen LogP contribution < -0.4 is 0 Å². The van der Waals surface area contributed by atoms with Gasteiger partial charge in [-0.1, -0.05) is 19.1 Å². The fourth-order valence-corrected chi connectivity index (χ4v) is 3.27. The zero-order chi connectivity index (χ0) is 14.5. The van der Waals surface area contributed by atoms with E-state index in [4.69, 9.17) is 9.84 Å². The quantitative estimate of drug-likeness (QED) is 0.810. The molecule has 0 fully saturated rings. The van der Waals surface area contributed by atoms with Gasteiger partial charge in [-0.15, -0.1) is 0 Å². The number of hydrogen-bond acceptors (Lipinski definition) is 4. The van der Waals surface area contributed by atoms with Crippen LogP contribution in [0.4, 0.5) is 0 Å². The highest BCUT2D eigenvalue weighted by Crippen LogP contribution is 2.20. The molecule has 0 aliphatic rings. The van der Waals surface area contributed by atoms with Crippen LogP contribution in [0.5, 0.6) is 0 Å². The summed E-state index contributed by atoms with van der Waals surface area (Å²) in [5.41, 5.74) is -0.224. The summed E-state index contributed by atoms with van der Waals surface area (Å²) in [6.07, 6.45) is 0. The highest BCUT2D eigenvalue weighted by Gasteiger charge is 2.27. The molecular formula is C12H17NO5S. The van der Waals surface area contributed by atoms with Crippen LogP contribution in [0.15, 0.2) is 29.2 Å². The first-order valence-corrected chi connectivity index (χ1v) is 7.20. The van der Waals surface area contributed by atoms with Gasteiger partial charge in [-0.25, -0.2) is 13.2 Å². The summed E-state index contributed by atoms with van der Waals surface area (Å²) < 4.78 is 30.9. The minimum atomic E-state index is -3.83. The lowest BCUT2D eigenvalue weighted by Gasteiger charge is -2.20. The van der Waals surface area contributed by atoms with Gasteiger partial charge in [0.1, 0.15) is 0 Å². The Morgan fingerprint density at radius 3 is 2.53 bits per heavy atom.